The number of hydrogen-bond acceptors (Lipinski definition) is 4. The maximum absolute atomic E-state index is 13.9. The van der Waals surface area contributed by atoms with E-state index in [0.29, 0.717) is 11.9 Å². The van der Waals surface area contributed by atoms with E-state index in [-0.39, 0.29) is 17.6 Å². The van der Waals surface area contributed by atoms with Crippen LogP contribution in [0.15, 0.2) is 72.5 Å². The quantitative estimate of drug-likeness (QED) is 0.252. The van der Waals surface area contributed by atoms with Gasteiger partial charge in [-0.25, -0.2) is 4.79 Å². The Kier molecular flexibility index (Phi) is 10.5. The van der Waals surface area contributed by atoms with Gasteiger partial charge in [0.15, 0.2) is 0 Å². The van der Waals surface area contributed by atoms with E-state index in [1.165, 1.54) is 10.6 Å². The molecule has 0 radical (unpaired) electrons. The van der Waals surface area contributed by atoms with Crippen LogP contribution in [0.25, 0.3) is 0 Å². The van der Waals surface area contributed by atoms with Crippen LogP contribution in [0.5, 0.6) is 0 Å². The molecule has 1 fully saturated rings. The van der Waals surface area contributed by atoms with Gasteiger partial charge in [-0.2, -0.15) is 0 Å². The predicted octanol–water partition coefficient (Wildman–Crippen LogP) is 6.48. The molecule has 1 aliphatic carbocycles. The van der Waals surface area contributed by atoms with Gasteiger partial charge < -0.3 is 20.5 Å². The highest BCUT2D eigenvalue weighted by atomic mass is 31.2. The van der Waals surface area contributed by atoms with E-state index in [0.717, 1.165) is 25.7 Å². The molecule has 1 saturated carbocycles. The largest absolute Gasteiger partial charge is 0.513 e. The van der Waals surface area contributed by atoms with E-state index in [9.17, 15) is 14.7 Å². The lowest BCUT2D eigenvalue weighted by Crippen LogP contribution is -2.59. The van der Waals surface area contributed by atoms with Crippen molar-refractivity contribution in [2.24, 2.45) is 5.41 Å². The van der Waals surface area contributed by atoms with E-state index >= 15 is 0 Å². The number of aliphatic hydroxyl groups is 1. The minimum atomic E-state index is -2.13. The van der Waals surface area contributed by atoms with Crippen LogP contribution in [0.1, 0.15) is 74.1 Å². The molecular formula is C33H48N2O4P+. The first-order valence-electron chi connectivity index (χ1n) is 14.4. The zero-order valence-corrected chi connectivity index (χ0v) is 26.1. The van der Waals surface area contributed by atoms with Crippen molar-refractivity contribution in [3.8, 4) is 0 Å². The Morgan fingerprint density at radius 1 is 0.950 bits per heavy atom. The summed E-state index contributed by atoms with van der Waals surface area (Å²) in [5.41, 5.74) is -1.01. The van der Waals surface area contributed by atoms with Crippen molar-refractivity contribution < 1.29 is 19.4 Å². The topological polar surface area (TPSA) is 87.7 Å². The van der Waals surface area contributed by atoms with Gasteiger partial charge in [-0.3, -0.25) is 4.79 Å². The van der Waals surface area contributed by atoms with E-state index in [1.54, 1.807) is 6.92 Å². The number of nitrogens with one attached hydrogen (secondary N) is 2. The Bertz CT molecular complexity index is 1110. The van der Waals surface area contributed by atoms with E-state index < -0.39 is 30.4 Å². The fraction of sp³-hybridized carbons (Fsp3) is 0.515. The van der Waals surface area contributed by atoms with Crippen LogP contribution in [0.2, 0.25) is 0 Å². The van der Waals surface area contributed by atoms with Crippen molar-refractivity contribution in [3.63, 3.8) is 0 Å². The van der Waals surface area contributed by atoms with E-state index in [4.69, 9.17) is 4.74 Å². The zero-order valence-electron chi connectivity index (χ0n) is 25.2. The van der Waals surface area contributed by atoms with Gasteiger partial charge in [0.25, 0.3) is 0 Å². The summed E-state index contributed by atoms with van der Waals surface area (Å²) in [5.74, 6) is 0.116. The molecule has 218 valence electrons. The lowest BCUT2D eigenvalue weighted by Gasteiger charge is -2.42. The summed E-state index contributed by atoms with van der Waals surface area (Å²) in [6.45, 7) is 13.0. The molecule has 3 N–H and O–H groups in total. The maximum atomic E-state index is 13.9. The molecule has 2 aromatic carbocycles. The molecule has 0 aromatic heterocycles. The van der Waals surface area contributed by atoms with Gasteiger partial charge >= 0.3 is 6.09 Å². The van der Waals surface area contributed by atoms with Crippen molar-refractivity contribution in [2.45, 2.75) is 97.5 Å². The molecule has 0 saturated heterocycles. The number of hydrogen-bond donors (Lipinski definition) is 3. The molecule has 0 aliphatic heterocycles. The second-order valence-electron chi connectivity index (χ2n) is 13.0. The molecule has 0 bridgehead atoms. The van der Waals surface area contributed by atoms with Crippen molar-refractivity contribution in [1.29, 1.82) is 0 Å². The fourth-order valence-electron chi connectivity index (χ4n) is 5.72. The molecule has 0 unspecified atom stereocenters. The van der Waals surface area contributed by atoms with Crippen LogP contribution in [-0.4, -0.2) is 46.6 Å². The van der Waals surface area contributed by atoms with Crippen molar-refractivity contribution >= 4 is 29.9 Å². The number of rotatable bonds is 8. The van der Waals surface area contributed by atoms with E-state index in [2.05, 4.69) is 59.2 Å². The van der Waals surface area contributed by atoms with Gasteiger partial charge in [0.2, 0.25) is 5.91 Å². The van der Waals surface area contributed by atoms with Gasteiger partial charge in [-0.1, -0.05) is 63.6 Å². The highest BCUT2D eigenvalue weighted by molar-refractivity contribution is 7.90. The Hall–Kier alpha value is -2.85. The monoisotopic (exact) mass is 567 g/mol. The van der Waals surface area contributed by atoms with Gasteiger partial charge in [-0.15, -0.1) is 0 Å². The zero-order chi connectivity index (χ0) is 29.6. The number of ether oxygens (including phenoxy) is 1. The summed E-state index contributed by atoms with van der Waals surface area (Å²) < 4.78 is 5.49. The first-order chi connectivity index (χ1) is 18.7. The molecule has 3 atom stereocenters. The van der Waals surface area contributed by atoms with Crippen molar-refractivity contribution in [2.75, 3.05) is 6.16 Å². The summed E-state index contributed by atoms with van der Waals surface area (Å²) in [7, 11) is -2.13. The summed E-state index contributed by atoms with van der Waals surface area (Å²) in [4.78, 5) is 26.7. The summed E-state index contributed by atoms with van der Waals surface area (Å²) in [6, 6.07) is 20.4. The second-order valence-corrected chi connectivity index (χ2v) is 16.8. The summed E-state index contributed by atoms with van der Waals surface area (Å²) in [6.07, 6.45) is 6.01. The smallest absolute Gasteiger partial charge is 0.408 e. The number of amides is 2. The van der Waals surface area contributed by atoms with Gasteiger partial charge in [0, 0.05) is 0 Å². The minimum absolute atomic E-state index is 0.0762. The number of allylic oxidation sites excluding steroid dienone is 2. The maximum Gasteiger partial charge on any atom is 0.408 e. The number of aliphatic hydroxyl groups excluding tert-OH is 1. The third-order valence-electron chi connectivity index (χ3n) is 7.52. The first kappa shape index (κ1) is 31.7. The minimum Gasteiger partial charge on any atom is -0.513 e. The standard InChI is InChI=1S/C33H47N2O4P/c1-24(36)22-23-40(25-16-10-8-11-17-25,26-18-12-9-13-19-26)28-21-15-14-20-27(28)34-30(37)29(32(2,3)4)35-31(38)39-33(5,6)7/h8-13,16-19,22,27-29H,14-15,20-21,23H2,1-7H3,(H2-,34,35,36,37,38)/p+1/b24-22-/t27-,28-,29-/m1/s1. The Balaban J connectivity index is 2.05. The first-order valence-corrected chi connectivity index (χ1v) is 16.4. The average molecular weight is 568 g/mol. The number of carbonyl (C=O) groups is 2. The average Bonchev–Trinajstić information content (AvgIpc) is 2.88. The molecule has 40 heavy (non-hydrogen) atoms. The highest BCUT2D eigenvalue weighted by Gasteiger charge is 2.54. The third kappa shape index (κ3) is 8.10. The van der Waals surface area contributed by atoms with Gasteiger partial charge in [-0.05, 0) is 82.7 Å². The van der Waals surface area contributed by atoms with Crippen molar-refractivity contribution in [3.05, 3.63) is 72.5 Å². The molecule has 1 aliphatic rings. The molecule has 2 aromatic rings. The van der Waals surface area contributed by atoms with Crippen LogP contribution >= 0.6 is 7.26 Å². The Labute approximate surface area is 241 Å². The summed E-state index contributed by atoms with van der Waals surface area (Å²) in [5, 5.41) is 19.1. The Morgan fingerprint density at radius 3 is 1.95 bits per heavy atom. The SMILES string of the molecule is C/C(O)=C/C[P+](c1ccccc1)(c1ccccc1)[C@@H]1CCCC[C@H]1NC(=O)[C@@H](NC(=O)OC(C)(C)C)C(C)(C)C. The molecule has 2 amide bonds. The van der Waals surface area contributed by atoms with Crippen LogP contribution in [0.3, 0.4) is 0 Å². The van der Waals surface area contributed by atoms with Crippen LogP contribution in [0.4, 0.5) is 4.79 Å². The predicted molar refractivity (Wildman–Crippen MR) is 167 cm³/mol. The fourth-order valence-corrected chi connectivity index (χ4v) is 10.9. The van der Waals surface area contributed by atoms with Gasteiger partial charge in [0.05, 0.1) is 41.5 Å². The van der Waals surface area contributed by atoms with Crippen LogP contribution in [0, 0.1) is 5.41 Å². The second kappa shape index (κ2) is 13.2. The van der Waals surface area contributed by atoms with Crippen molar-refractivity contribution in [1.82, 2.24) is 10.6 Å². The molecule has 0 spiro atoms. The molecule has 6 nitrogen and oxygen atoms in total. The molecule has 3 rings (SSSR count). The number of alkyl carbamates (subject to hydrolysis) is 1. The van der Waals surface area contributed by atoms with Gasteiger partial charge in [0.1, 0.15) is 11.6 Å². The molecular weight excluding hydrogens is 519 g/mol. The summed E-state index contributed by atoms with van der Waals surface area (Å²) >= 11 is 0. The van der Waals surface area contributed by atoms with Crippen LogP contribution < -0.4 is 21.2 Å². The number of benzene rings is 2. The lowest BCUT2D eigenvalue weighted by molar-refractivity contribution is -0.126. The Morgan fingerprint density at radius 2 is 1.48 bits per heavy atom. The lowest BCUT2D eigenvalue weighted by atomic mass is 9.85. The normalized spacial score (nSPS) is 19.4. The molecule has 7 heteroatoms. The molecule has 0 heterocycles. The third-order valence-corrected chi connectivity index (χ3v) is 12.5. The van der Waals surface area contributed by atoms with Crippen LogP contribution in [-0.2, 0) is 9.53 Å². The highest BCUT2D eigenvalue weighted by Crippen LogP contribution is 2.64. The van der Waals surface area contributed by atoms with E-state index in [1.807, 2.05) is 59.8 Å². The number of carbonyl (C=O) groups excluding carboxylic acids is 2.